The molecule has 8 nitrogen and oxygen atoms in total. The third-order valence-electron chi connectivity index (χ3n) is 6.52. The second kappa shape index (κ2) is 12.1. The minimum absolute atomic E-state index is 0.0455. The van der Waals surface area contributed by atoms with E-state index in [0.717, 1.165) is 17.5 Å². The SMILES string of the molecule is CCCC(CCC(=O)NCC1=C(c2ccccc2)C=CC(=O)C1=O)n1c(-c2ccccc2)ncc(N)c1=O. The minimum Gasteiger partial charge on any atom is -0.393 e. The molecule has 1 aliphatic rings. The summed E-state index contributed by atoms with van der Waals surface area (Å²) in [6, 6.07) is 18.3. The molecule has 1 atom stereocenters. The Kier molecular flexibility index (Phi) is 8.43. The number of ketones is 2. The molecule has 2 aromatic carbocycles. The lowest BCUT2D eigenvalue weighted by Crippen LogP contribution is -2.33. The molecule has 1 aromatic heterocycles. The van der Waals surface area contributed by atoms with E-state index in [1.165, 1.54) is 12.3 Å². The first kappa shape index (κ1) is 26.5. The van der Waals surface area contributed by atoms with Gasteiger partial charge in [-0.25, -0.2) is 4.98 Å². The van der Waals surface area contributed by atoms with E-state index < -0.39 is 11.6 Å². The van der Waals surface area contributed by atoms with Gasteiger partial charge in [0.25, 0.3) is 5.56 Å². The van der Waals surface area contributed by atoms with E-state index in [0.29, 0.717) is 24.2 Å². The molecule has 1 aliphatic carbocycles. The fraction of sp³-hybridized carbons (Fsp3) is 0.233. The highest BCUT2D eigenvalue weighted by molar-refractivity contribution is 6.50. The van der Waals surface area contributed by atoms with Crippen LogP contribution in [0.1, 0.15) is 44.2 Å². The summed E-state index contributed by atoms with van der Waals surface area (Å²) >= 11 is 0. The number of nitrogens with two attached hydrogens (primary N) is 1. The number of aromatic nitrogens is 2. The molecular formula is C30H30N4O4. The van der Waals surface area contributed by atoms with Crippen LogP contribution >= 0.6 is 0 Å². The molecule has 38 heavy (non-hydrogen) atoms. The van der Waals surface area contributed by atoms with E-state index >= 15 is 0 Å². The summed E-state index contributed by atoms with van der Waals surface area (Å²) < 4.78 is 1.59. The van der Waals surface area contributed by atoms with Crippen LogP contribution < -0.4 is 16.6 Å². The predicted molar refractivity (Wildman–Crippen MR) is 147 cm³/mol. The number of nitrogens with one attached hydrogen (secondary N) is 1. The molecule has 0 aliphatic heterocycles. The van der Waals surface area contributed by atoms with Gasteiger partial charge in [0.2, 0.25) is 17.5 Å². The molecular weight excluding hydrogens is 480 g/mol. The molecule has 0 spiro atoms. The van der Waals surface area contributed by atoms with Crippen LogP contribution in [0.25, 0.3) is 17.0 Å². The van der Waals surface area contributed by atoms with Crippen LogP contribution in [-0.4, -0.2) is 33.6 Å². The Morgan fingerprint density at radius 2 is 1.61 bits per heavy atom. The number of carbonyl (C=O) groups is 3. The number of Topliss-reactive ketones (excluding diaryl/α,β-unsaturated/α-hetero) is 1. The summed E-state index contributed by atoms with van der Waals surface area (Å²) in [5.74, 6) is -1.02. The maximum atomic E-state index is 13.1. The zero-order valence-corrected chi connectivity index (χ0v) is 21.2. The van der Waals surface area contributed by atoms with Crippen LogP contribution in [0.3, 0.4) is 0 Å². The summed E-state index contributed by atoms with van der Waals surface area (Å²) in [6.45, 7) is 1.95. The molecule has 0 saturated heterocycles. The number of benzene rings is 2. The molecule has 0 radical (unpaired) electrons. The van der Waals surface area contributed by atoms with Gasteiger partial charge in [0.05, 0.1) is 6.20 Å². The summed E-state index contributed by atoms with van der Waals surface area (Å²) in [5.41, 5.74) is 8.08. The number of nitrogens with zero attached hydrogens (tertiary/aromatic N) is 2. The van der Waals surface area contributed by atoms with Crippen LogP contribution in [0.15, 0.2) is 89.4 Å². The van der Waals surface area contributed by atoms with Crippen LogP contribution in [-0.2, 0) is 14.4 Å². The fourth-order valence-electron chi connectivity index (χ4n) is 4.60. The van der Waals surface area contributed by atoms with Crippen LogP contribution in [0.2, 0.25) is 0 Å². The lowest BCUT2D eigenvalue weighted by molar-refractivity contribution is -0.131. The molecule has 194 valence electrons. The molecule has 1 heterocycles. The van der Waals surface area contributed by atoms with Crippen LogP contribution in [0, 0.1) is 0 Å². The van der Waals surface area contributed by atoms with Crippen molar-refractivity contribution in [3.8, 4) is 11.4 Å². The number of hydrogen-bond acceptors (Lipinski definition) is 6. The van der Waals surface area contributed by atoms with E-state index in [9.17, 15) is 19.2 Å². The maximum Gasteiger partial charge on any atom is 0.277 e. The monoisotopic (exact) mass is 510 g/mol. The average Bonchev–Trinajstić information content (AvgIpc) is 2.94. The number of anilines is 1. The molecule has 3 aromatic rings. The van der Waals surface area contributed by atoms with E-state index in [1.807, 2.05) is 67.6 Å². The highest BCUT2D eigenvalue weighted by Gasteiger charge is 2.25. The van der Waals surface area contributed by atoms with Crippen molar-refractivity contribution in [3.63, 3.8) is 0 Å². The number of nitrogen functional groups attached to an aromatic ring is 1. The number of amides is 1. The summed E-state index contributed by atoms with van der Waals surface area (Å²) in [6.07, 6.45) is 6.17. The quantitative estimate of drug-likeness (QED) is 0.315. The molecule has 1 unspecified atom stereocenters. The number of rotatable bonds is 10. The van der Waals surface area contributed by atoms with Gasteiger partial charge in [-0.2, -0.15) is 0 Å². The zero-order valence-electron chi connectivity index (χ0n) is 21.2. The lowest BCUT2D eigenvalue weighted by Gasteiger charge is -2.23. The molecule has 3 N–H and O–H groups in total. The smallest absolute Gasteiger partial charge is 0.277 e. The Bertz CT molecular complexity index is 1460. The fourth-order valence-corrected chi connectivity index (χ4v) is 4.60. The third kappa shape index (κ3) is 5.86. The van der Waals surface area contributed by atoms with Gasteiger partial charge in [-0.3, -0.25) is 23.7 Å². The Hall–Kier alpha value is -4.59. The van der Waals surface area contributed by atoms with Crippen LogP contribution in [0.5, 0.6) is 0 Å². The normalized spacial score (nSPS) is 14.0. The van der Waals surface area contributed by atoms with Gasteiger partial charge in [0.15, 0.2) is 0 Å². The topological polar surface area (TPSA) is 124 Å². The number of allylic oxidation sites excluding steroid dienone is 3. The Morgan fingerprint density at radius 1 is 0.947 bits per heavy atom. The van der Waals surface area contributed by atoms with Crippen molar-refractivity contribution in [2.24, 2.45) is 0 Å². The maximum absolute atomic E-state index is 13.1. The van der Waals surface area contributed by atoms with Gasteiger partial charge < -0.3 is 11.1 Å². The molecule has 0 saturated carbocycles. The van der Waals surface area contributed by atoms with Crippen molar-refractivity contribution in [2.45, 2.75) is 38.6 Å². The Balaban J connectivity index is 1.52. The first-order valence-electron chi connectivity index (χ1n) is 12.6. The van der Waals surface area contributed by atoms with Crippen molar-refractivity contribution in [1.82, 2.24) is 14.9 Å². The number of carbonyl (C=O) groups excluding carboxylic acids is 3. The van der Waals surface area contributed by atoms with Gasteiger partial charge in [-0.1, -0.05) is 74.0 Å². The van der Waals surface area contributed by atoms with Crippen molar-refractivity contribution >= 4 is 28.7 Å². The van der Waals surface area contributed by atoms with Crippen molar-refractivity contribution in [3.05, 3.63) is 101 Å². The summed E-state index contributed by atoms with van der Waals surface area (Å²) in [4.78, 5) is 55.1. The minimum atomic E-state index is -0.625. The van der Waals surface area contributed by atoms with Gasteiger partial charge in [0, 0.05) is 30.1 Å². The van der Waals surface area contributed by atoms with E-state index in [2.05, 4.69) is 10.3 Å². The van der Waals surface area contributed by atoms with Crippen molar-refractivity contribution in [2.75, 3.05) is 12.3 Å². The first-order chi connectivity index (χ1) is 18.4. The van der Waals surface area contributed by atoms with E-state index in [1.54, 1.807) is 10.6 Å². The van der Waals surface area contributed by atoms with Crippen molar-refractivity contribution < 1.29 is 14.4 Å². The molecule has 1 amide bonds. The van der Waals surface area contributed by atoms with Gasteiger partial charge in [-0.05, 0) is 36.1 Å². The number of hydrogen-bond donors (Lipinski definition) is 2. The molecule has 0 fully saturated rings. The van der Waals surface area contributed by atoms with E-state index in [4.69, 9.17) is 5.73 Å². The van der Waals surface area contributed by atoms with E-state index in [-0.39, 0.29) is 41.7 Å². The summed E-state index contributed by atoms with van der Waals surface area (Å²) in [5, 5.41) is 2.79. The van der Waals surface area contributed by atoms with Gasteiger partial charge in [0.1, 0.15) is 11.5 Å². The molecule has 8 heteroatoms. The molecule has 0 bridgehead atoms. The third-order valence-corrected chi connectivity index (χ3v) is 6.52. The Labute approximate surface area is 220 Å². The first-order valence-corrected chi connectivity index (χ1v) is 12.6. The second-order valence-electron chi connectivity index (χ2n) is 9.12. The largest absolute Gasteiger partial charge is 0.393 e. The molecule has 4 rings (SSSR count). The van der Waals surface area contributed by atoms with Crippen molar-refractivity contribution in [1.29, 1.82) is 0 Å². The van der Waals surface area contributed by atoms with Gasteiger partial charge in [-0.15, -0.1) is 0 Å². The average molecular weight is 511 g/mol. The predicted octanol–water partition coefficient (Wildman–Crippen LogP) is 3.89. The Morgan fingerprint density at radius 3 is 2.26 bits per heavy atom. The lowest BCUT2D eigenvalue weighted by atomic mass is 9.90. The highest BCUT2D eigenvalue weighted by atomic mass is 16.2. The van der Waals surface area contributed by atoms with Gasteiger partial charge >= 0.3 is 0 Å². The van der Waals surface area contributed by atoms with Crippen LogP contribution in [0.4, 0.5) is 5.69 Å². The highest BCUT2D eigenvalue weighted by Crippen LogP contribution is 2.26. The zero-order chi connectivity index (χ0) is 27.1. The standard InChI is InChI=1S/C30H30N4O4/c1-2-9-22(34-29(21-12-7-4-8-13-21)33-19-25(31)30(34)38)14-17-27(36)32-18-24-23(15-16-26(35)28(24)37)20-10-5-3-6-11-20/h3-8,10-13,15-16,19,22H,2,9,14,17-18,31H2,1H3,(H,32,36). The summed E-state index contributed by atoms with van der Waals surface area (Å²) in [7, 11) is 0. The second-order valence-corrected chi connectivity index (χ2v) is 9.12.